The molecule has 166 valence electrons. The topological polar surface area (TPSA) is 51.2 Å². The van der Waals surface area contributed by atoms with Crippen molar-refractivity contribution in [1.82, 2.24) is 20.0 Å². The van der Waals surface area contributed by atoms with E-state index in [1.807, 2.05) is 7.05 Å². The smallest absolute Gasteiger partial charge is 0.236 e. The van der Waals surface area contributed by atoms with Crippen molar-refractivity contribution >= 4 is 35.8 Å². The third-order valence-electron chi connectivity index (χ3n) is 7.59. The van der Waals surface area contributed by atoms with Gasteiger partial charge in [0.2, 0.25) is 5.91 Å². The van der Waals surface area contributed by atoms with Gasteiger partial charge >= 0.3 is 0 Å². The first-order chi connectivity index (χ1) is 13.7. The quantitative estimate of drug-likeness (QED) is 0.346. The fourth-order valence-corrected chi connectivity index (χ4v) is 5.37. The molecule has 2 saturated heterocycles. The molecule has 4 rings (SSSR count). The van der Waals surface area contributed by atoms with Crippen LogP contribution in [0.25, 0.3) is 0 Å². The molecule has 2 heterocycles. The highest BCUT2D eigenvalue weighted by atomic mass is 127. The molecule has 6 nitrogen and oxygen atoms in total. The molecular formula is C22H40IN5O. The van der Waals surface area contributed by atoms with Gasteiger partial charge in [0.05, 0.1) is 6.54 Å². The van der Waals surface area contributed by atoms with Crippen LogP contribution in [0.2, 0.25) is 0 Å². The minimum absolute atomic E-state index is 0. The Morgan fingerprint density at radius 2 is 1.59 bits per heavy atom. The molecule has 0 unspecified atom stereocenters. The number of nitrogens with zero attached hydrogens (tertiary/aromatic N) is 4. The minimum atomic E-state index is 0. The van der Waals surface area contributed by atoms with Crippen molar-refractivity contribution in [2.45, 2.75) is 57.8 Å². The van der Waals surface area contributed by atoms with Crippen molar-refractivity contribution in [3.05, 3.63) is 0 Å². The number of guanidine groups is 1. The van der Waals surface area contributed by atoms with E-state index in [0.29, 0.717) is 17.9 Å². The zero-order valence-corrected chi connectivity index (χ0v) is 20.5. The average molecular weight is 518 g/mol. The number of aliphatic imine (C=N–C) groups is 1. The van der Waals surface area contributed by atoms with E-state index in [-0.39, 0.29) is 24.0 Å². The van der Waals surface area contributed by atoms with Gasteiger partial charge in [-0.1, -0.05) is 19.3 Å². The summed E-state index contributed by atoms with van der Waals surface area (Å²) in [4.78, 5) is 24.0. The Balaban J connectivity index is 0.00000240. The number of nitrogens with one attached hydrogen (secondary N) is 1. The summed E-state index contributed by atoms with van der Waals surface area (Å²) < 4.78 is 0. The van der Waals surface area contributed by atoms with Crippen LogP contribution in [0.1, 0.15) is 57.8 Å². The third-order valence-corrected chi connectivity index (χ3v) is 7.59. The average Bonchev–Trinajstić information content (AvgIpc) is 3.52. The SMILES string of the molecule is CN=C(NCC1(C2CC2)CCC1)N1CCN(CC(=O)N2CCCCCC2)CC1.I. The van der Waals surface area contributed by atoms with E-state index in [4.69, 9.17) is 0 Å². The number of halogens is 1. The van der Waals surface area contributed by atoms with Crippen LogP contribution in [0.3, 0.4) is 0 Å². The van der Waals surface area contributed by atoms with E-state index >= 15 is 0 Å². The summed E-state index contributed by atoms with van der Waals surface area (Å²) in [5.41, 5.74) is 0.567. The number of hydrogen-bond donors (Lipinski definition) is 1. The molecule has 4 aliphatic rings. The maximum atomic E-state index is 12.6. The first-order valence-corrected chi connectivity index (χ1v) is 11.7. The molecule has 7 heteroatoms. The number of likely N-dealkylation sites (tertiary alicyclic amines) is 1. The standard InChI is InChI=1S/C22H39N5O.HI/c1-23-21(24-18-22(9-6-10-22)19-7-8-19)27-15-13-25(14-16-27)17-20(28)26-11-4-2-3-5-12-26;/h19H,2-18H2,1H3,(H,23,24);1H. The normalized spacial score (nSPS) is 25.6. The number of rotatable bonds is 5. The van der Waals surface area contributed by atoms with Crippen LogP contribution < -0.4 is 5.32 Å². The highest BCUT2D eigenvalue weighted by molar-refractivity contribution is 14.0. The van der Waals surface area contributed by atoms with Gasteiger partial charge in [-0.2, -0.15) is 0 Å². The second-order valence-corrected chi connectivity index (χ2v) is 9.45. The van der Waals surface area contributed by atoms with Crippen molar-refractivity contribution in [2.75, 3.05) is 59.4 Å². The van der Waals surface area contributed by atoms with E-state index in [1.54, 1.807) is 0 Å². The summed E-state index contributed by atoms with van der Waals surface area (Å²) in [7, 11) is 1.90. The molecule has 0 aromatic heterocycles. The summed E-state index contributed by atoms with van der Waals surface area (Å²) in [5, 5.41) is 3.70. The van der Waals surface area contributed by atoms with Gasteiger partial charge in [-0.25, -0.2) is 0 Å². The maximum Gasteiger partial charge on any atom is 0.236 e. The monoisotopic (exact) mass is 517 g/mol. The number of piperazine rings is 1. The molecule has 1 amide bonds. The summed E-state index contributed by atoms with van der Waals surface area (Å²) in [6.45, 7) is 7.42. The lowest BCUT2D eigenvalue weighted by atomic mass is 9.65. The van der Waals surface area contributed by atoms with E-state index in [9.17, 15) is 4.79 Å². The number of amides is 1. The second-order valence-electron chi connectivity index (χ2n) is 9.45. The van der Waals surface area contributed by atoms with E-state index in [0.717, 1.165) is 57.7 Å². The van der Waals surface area contributed by atoms with Crippen LogP contribution in [0.5, 0.6) is 0 Å². The van der Waals surface area contributed by atoms with Crippen LogP contribution in [0.15, 0.2) is 4.99 Å². The van der Waals surface area contributed by atoms with Crippen molar-refractivity contribution in [2.24, 2.45) is 16.3 Å². The Morgan fingerprint density at radius 3 is 2.10 bits per heavy atom. The molecule has 2 aliphatic heterocycles. The Morgan fingerprint density at radius 1 is 0.931 bits per heavy atom. The lowest BCUT2D eigenvalue weighted by Crippen LogP contribution is -2.56. The Bertz CT molecular complexity index is 560. The molecule has 0 aromatic carbocycles. The molecule has 29 heavy (non-hydrogen) atoms. The summed E-state index contributed by atoms with van der Waals surface area (Å²) >= 11 is 0. The molecule has 0 atom stereocenters. The summed E-state index contributed by atoms with van der Waals surface area (Å²) in [6.07, 6.45) is 12.0. The van der Waals surface area contributed by atoms with Crippen LogP contribution in [-0.4, -0.2) is 86.0 Å². The molecular weight excluding hydrogens is 477 g/mol. The Labute approximate surface area is 193 Å². The van der Waals surface area contributed by atoms with E-state index < -0.39 is 0 Å². The van der Waals surface area contributed by atoms with Gasteiger partial charge < -0.3 is 15.1 Å². The Kier molecular flexibility index (Phi) is 8.48. The largest absolute Gasteiger partial charge is 0.356 e. The highest BCUT2D eigenvalue weighted by Crippen LogP contribution is 2.56. The zero-order chi connectivity index (χ0) is 19.4. The number of hydrogen-bond acceptors (Lipinski definition) is 3. The van der Waals surface area contributed by atoms with Crippen molar-refractivity contribution < 1.29 is 4.79 Å². The van der Waals surface area contributed by atoms with Gasteiger partial charge in [0, 0.05) is 52.9 Å². The van der Waals surface area contributed by atoms with Gasteiger partial charge in [0.25, 0.3) is 0 Å². The van der Waals surface area contributed by atoms with Crippen molar-refractivity contribution in [1.29, 1.82) is 0 Å². The molecule has 0 radical (unpaired) electrons. The fraction of sp³-hybridized carbons (Fsp3) is 0.909. The number of carbonyl (C=O) groups excluding carboxylic acids is 1. The van der Waals surface area contributed by atoms with Gasteiger partial charge in [-0.15, -0.1) is 24.0 Å². The van der Waals surface area contributed by atoms with Gasteiger partial charge in [0.15, 0.2) is 5.96 Å². The highest BCUT2D eigenvalue weighted by Gasteiger charge is 2.48. The molecule has 1 N–H and O–H groups in total. The first kappa shape index (κ1) is 23.1. The van der Waals surface area contributed by atoms with Crippen LogP contribution in [-0.2, 0) is 4.79 Å². The van der Waals surface area contributed by atoms with E-state index in [1.165, 1.54) is 57.8 Å². The minimum Gasteiger partial charge on any atom is -0.356 e. The molecule has 4 fully saturated rings. The van der Waals surface area contributed by atoms with Crippen LogP contribution in [0.4, 0.5) is 0 Å². The summed E-state index contributed by atoms with van der Waals surface area (Å²) in [5.74, 6) is 2.35. The molecule has 2 saturated carbocycles. The summed E-state index contributed by atoms with van der Waals surface area (Å²) in [6, 6.07) is 0. The van der Waals surface area contributed by atoms with Crippen LogP contribution >= 0.6 is 24.0 Å². The lowest BCUT2D eigenvalue weighted by molar-refractivity contribution is -0.132. The van der Waals surface area contributed by atoms with Gasteiger partial charge in [0.1, 0.15) is 0 Å². The van der Waals surface area contributed by atoms with Gasteiger partial charge in [-0.3, -0.25) is 14.7 Å². The fourth-order valence-electron chi connectivity index (χ4n) is 5.37. The van der Waals surface area contributed by atoms with Crippen molar-refractivity contribution in [3.63, 3.8) is 0 Å². The maximum absolute atomic E-state index is 12.6. The first-order valence-electron chi connectivity index (χ1n) is 11.7. The van der Waals surface area contributed by atoms with Crippen molar-refractivity contribution in [3.8, 4) is 0 Å². The third kappa shape index (κ3) is 5.77. The van der Waals surface area contributed by atoms with Crippen LogP contribution in [0, 0.1) is 11.3 Å². The Hall–Kier alpha value is -0.570. The molecule has 0 bridgehead atoms. The molecule has 0 spiro atoms. The number of carbonyl (C=O) groups is 1. The van der Waals surface area contributed by atoms with Gasteiger partial charge in [-0.05, 0) is 49.9 Å². The van der Waals surface area contributed by atoms with E-state index in [2.05, 4.69) is 25.0 Å². The lowest BCUT2D eigenvalue weighted by Gasteiger charge is -2.44. The zero-order valence-electron chi connectivity index (χ0n) is 18.2. The predicted molar refractivity (Wildman–Crippen MR) is 129 cm³/mol. The second kappa shape index (κ2) is 10.6. The predicted octanol–water partition coefficient (Wildman–Crippen LogP) is 2.78. The molecule has 0 aromatic rings. The molecule has 2 aliphatic carbocycles.